The van der Waals surface area contributed by atoms with Gasteiger partial charge in [-0.3, -0.25) is 9.59 Å². The zero-order chi connectivity index (χ0) is 14.4. The molecule has 2 N–H and O–H groups in total. The summed E-state index contributed by atoms with van der Waals surface area (Å²) in [5.74, 6) is -0.663. The molecule has 0 aliphatic carbocycles. The average Bonchev–Trinajstić information content (AvgIpc) is 2.34. The topological polar surface area (TPSA) is 72.6 Å². The predicted octanol–water partition coefficient (Wildman–Crippen LogP) is 2.06. The largest absolute Gasteiger partial charge is 0.465 e. The Kier molecular flexibility index (Phi) is 5.82. The predicted molar refractivity (Wildman–Crippen MR) is 76.8 cm³/mol. The van der Waals surface area contributed by atoms with Gasteiger partial charge in [0.2, 0.25) is 0 Å². The van der Waals surface area contributed by atoms with Gasteiger partial charge in [0.15, 0.2) is 0 Å². The number of anilines is 1. The first kappa shape index (κ1) is 15.5. The molecule has 0 aliphatic rings. The molecule has 0 saturated heterocycles. The van der Waals surface area contributed by atoms with Crippen LogP contribution < -0.4 is 5.73 Å². The van der Waals surface area contributed by atoms with Crippen LogP contribution in [-0.2, 0) is 9.53 Å². The van der Waals surface area contributed by atoms with Crippen LogP contribution in [0.2, 0.25) is 0 Å². The molecule has 0 saturated carbocycles. The van der Waals surface area contributed by atoms with E-state index >= 15 is 0 Å². The Morgan fingerprint density at radius 1 is 1.32 bits per heavy atom. The second-order valence-corrected chi connectivity index (χ2v) is 4.81. The summed E-state index contributed by atoms with van der Waals surface area (Å²) in [5.41, 5.74) is 6.63. The van der Waals surface area contributed by atoms with E-state index in [0.717, 1.165) is 4.47 Å². The first-order chi connectivity index (χ1) is 8.97. The highest BCUT2D eigenvalue weighted by atomic mass is 79.9. The molecule has 0 atom stereocenters. The molecule has 0 aromatic heterocycles. The number of likely N-dealkylation sites (N-methyl/N-ethyl adjacent to an activating group) is 1. The summed E-state index contributed by atoms with van der Waals surface area (Å²) in [7, 11) is 0. The summed E-state index contributed by atoms with van der Waals surface area (Å²) in [6.45, 7) is 4.19. The Hall–Kier alpha value is -1.56. The maximum absolute atomic E-state index is 12.3. The van der Waals surface area contributed by atoms with Gasteiger partial charge in [-0.25, -0.2) is 0 Å². The van der Waals surface area contributed by atoms with E-state index in [1.807, 2.05) is 0 Å². The van der Waals surface area contributed by atoms with Gasteiger partial charge in [-0.05, 0) is 32.0 Å². The molecule has 0 radical (unpaired) electrons. The molecule has 1 amide bonds. The fourth-order valence-electron chi connectivity index (χ4n) is 1.61. The Morgan fingerprint density at radius 2 is 2.00 bits per heavy atom. The van der Waals surface area contributed by atoms with Crippen molar-refractivity contribution in [1.82, 2.24) is 4.90 Å². The third-order valence-corrected chi connectivity index (χ3v) is 2.92. The molecular weight excluding hydrogens is 312 g/mol. The molecule has 0 bridgehead atoms. The van der Waals surface area contributed by atoms with E-state index in [9.17, 15) is 9.59 Å². The fraction of sp³-hybridized carbons (Fsp3) is 0.385. The van der Waals surface area contributed by atoms with Crippen molar-refractivity contribution < 1.29 is 14.3 Å². The first-order valence-electron chi connectivity index (χ1n) is 5.98. The normalized spacial score (nSPS) is 10.1. The molecule has 104 valence electrons. The minimum absolute atomic E-state index is 0.0599. The van der Waals surface area contributed by atoms with E-state index in [1.165, 1.54) is 4.90 Å². The number of nitrogen functional groups attached to an aromatic ring is 1. The minimum atomic E-state index is -0.416. The van der Waals surface area contributed by atoms with Gasteiger partial charge < -0.3 is 15.4 Å². The van der Waals surface area contributed by atoms with E-state index in [-0.39, 0.29) is 12.5 Å². The van der Waals surface area contributed by atoms with Crippen LogP contribution in [0.25, 0.3) is 0 Å². The quantitative estimate of drug-likeness (QED) is 0.663. The van der Waals surface area contributed by atoms with Gasteiger partial charge in [-0.2, -0.15) is 0 Å². The zero-order valence-corrected chi connectivity index (χ0v) is 12.6. The average molecular weight is 329 g/mol. The summed E-state index contributed by atoms with van der Waals surface area (Å²) in [6.07, 6.45) is 0. The molecule has 0 spiro atoms. The number of benzene rings is 1. The Labute approximate surface area is 120 Å². The highest BCUT2D eigenvalue weighted by Crippen LogP contribution is 2.18. The molecule has 0 aliphatic heterocycles. The standard InChI is InChI=1S/C13H17BrN2O3/c1-3-16(8-12(17)19-4-2)13(18)9-5-10(14)7-11(15)6-9/h5-7H,3-4,8,15H2,1-2H3. The van der Waals surface area contributed by atoms with Crippen molar-refractivity contribution in [3.63, 3.8) is 0 Å². The number of rotatable bonds is 5. The summed E-state index contributed by atoms with van der Waals surface area (Å²) in [5, 5.41) is 0. The van der Waals surface area contributed by atoms with E-state index in [0.29, 0.717) is 24.4 Å². The molecule has 0 heterocycles. The lowest BCUT2D eigenvalue weighted by molar-refractivity contribution is -0.143. The number of esters is 1. The monoisotopic (exact) mass is 328 g/mol. The van der Waals surface area contributed by atoms with Crippen LogP contribution >= 0.6 is 15.9 Å². The second-order valence-electron chi connectivity index (χ2n) is 3.90. The molecule has 1 aromatic carbocycles. The van der Waals surface area contributed by atoms with Crippen molar-refractivity contribution in [2.75, 3.05) is 25.4 Å². The molecule has 0 unspecified atom stereocenters. The highest BCUT2D eigenvalue weighted by molar-refractivity contribution is 9.10. The molecule has 19 heavy (non-hydrogen) atoms. The van der Waals surface area contributed by atoms with Crippen molar-refractivity contribution >= 4 is 33.5 Å². The maximum Gasteiger partial charge on any atom is 0.325 e. The van der Waals surface area contributed by atoms with E-state index in [4.69, 9.17) is 10.5 Å². The van der Waals surface area contributed by atoms with E-state index in [2.05, 4.69) is 15.9 Å². The van der Waals surface area contributed by atoms with Crippen LogP contribution in [-0.4, -0.2) is 36.5 Å². The van der Waals surface area contributed by atoms with Gasteiger partial charge >= 0.3 is 5.97 Å². The second kappa shape index (κ2) is 7.13. The number of ether oxygens (including phenoxy) is 1. The lowest BCUT2D eigenvalue weighted by atomic mass is 10.2. The molecule has 5 nitrogen and oxygen atoms in total. The third kappa shape index (κ3) is 4.55. The first-order valence-corrected chi connectivity index (χ1v) is 6.78. The van der Waals surface area contributed by atoms with Crippen LogP contribution in [0.1, 0.15) is 24.2 Å². The lowest BCUT2D eigenvalue weighted by Gasteiger charge is -2.20. The van der Waals surface area contributed by atoms with E-state index < -0.39 is 5.97 Å². The number of hydrogen-bond donors (Lipinski definition) is 1. The van der Waals surface area contributed by atoms with Gasteiger partial charge in [0.25, 0.3) is 5.91 Å². The Balaban J connectivity index is 2.86. The number of hydrogen-bond acceptors (Lipinski definition) is 4. The van der Waals surface area contributed by atoms with Crippen molar-refractivity contribution in [3.8, 4) is 0 Å². The number of nitrogens with two attached hydrogens (primary N) is 1. The summed E-state index contributed by atoms with van der Waals surface area (Å²) in [4.78, 5) is 25.1. The number of nitrogens with zero attached hydrogens (tertiary/aromatic N) is 1. The SMILES string of the molecule is CCOC(=O)CN(CC)C(=O)c1cc(N)cc(Br)c1. The smallest absolute Gasteiger partial charge is 0.325 e. The molecule has 1 aromatic rings. The van der Waals surface area contributed by atoms with Gasteiger partial charge in [-0.15, -0.1) is 0 Å². The minimum Gasteiger partial charge on any atom is -0.465 e. The fourth-order valence-corrected chi connectivity index (χ4v) is 2.12. The van der Waals surface area contributed by atoms with Crippen molar-refractivity contribution in [2.24, 2.45) is 0 Å². The number of carbonyl (C=O) groups is 2. The van der Waals surface area contributed by atoms with Gasteiger partial charge in [0, 0.05) is 22.3 Å². The van der Waals surface area contributed by atoms with Gasteiger partial charge in [-0.1, -0.05) is 15.9 Å². The summed E-state index contributed by atoms with van der Waals surface area (Å²) in [6, 6.07) is 4.96. The number of carbonyl (C=O) groups excluding carboxylic acids is 2. The molecular formula is C13H17BrN2O3. The van der Waals surface area contributed by atoms with Crippen LogP contribution in [0.3, 0.4) is 0 Å². The van der Waals surface area contributed by atoms with Crippen molar-refractivity contribution in [2.45, 2.75) is 13.8 Å². The van der Waals surface area contributed by atoms with Gasteiger partial charge in [0.05, 0.1) is 6.61 Å². The van der Waals surface area contributed by atoms with Crippen molar-refractivity contribution in [3.05, 3.63) is 28.2 Å². The van der Waals surface area contributed by atoms with Crippen LogP contribution in [0.15, 0.2) is 22.7 Å². The highest BCUT2D eigenvalue weighted by Gasteiger charge is 2.18. The molecule has 0 fully saturated rings. The molecule has 1 rings (SSSR count). The third-order valence-electron chi connectivity index (χ3n) is 2.46. The Bertz CT molecular complexity index is 457. The summed E-state index contributed by atoms with van der Waals surface area (Å²) >= 11 is 3.29. The lowest BCUT2D eigenvalue weighted by Crippen LogP contribution is -2.36. The zero-order valence-electron chi connectivity index (χ0n) is 11.0. The number of halogens is 1. The maximum atomic E-state index is 12.3. The molecule has 6 heteroatoms. The van der Waals surface area contributed by atoms with Crippen LogP contribution in [0, 0.1) is 0 Å². The van der Waals surface area contributed by atoms with Crippen LogP contribution in [0.4, 0.5) is 5.69 Å². The Morgan fingerprint density at radius 3 is 2.53 bits per heavy atom. The number of amides is 1. The van der Waals surface area contributed by atoms with Crippen molar-refractivity contribution in [1.29, 1.82) is 0 Å². The summed E-state index contributed by atoms with van der Waals surface area (Å²) < 4.78 is 5.57. The van der Waals surface area contributed by atoms with E-state index in [1.54, 1.807) is 32.0 Å². The van der Waals surface area contributed by atoms with Gasteiger partial charge in [0.1, 0.15) is 6.54 Å². The van der Waals surface area contributed by atoms with Crippen LogP contribution in [0.5, 0.6) is 0 Å².